The van der Waals surface area contributed by atoms with E-state index in [0.717, 1.165) is 5.56 Å². The van der Waals surface area contributed by atoms with Crippen LogP contribution in [0.25, 0.3) is 0 Å². The zero-order valence-electron chi connectivity index (χ0n) is 6.54. The summed E-state index contributed by atoms with van der Waals surface area (Å²) in [6.07, 6.45) is 2.35. The van der Waals surface area contributed by atoms with Crippen LogP contribution < -0.4 is 11.5 Å². The van der Waals surface area contributed by atoms with E-state index in [2.05, 4.69) is 6.58 Å². The van der Waals surface area contributed by atoms with Crippen molar-refractivity contribution in [2.75, 3.05) is 5.73 Å². The average molecular weight is 182 g/mol. The van der Waals surface area contributed by atoms with E-state index in [1.54, 1.807) is 6.08 Å². The number of nitrogen functional groups attached to an aromatic ring is 1. The molecule has 0 radical (unpaired) electrons. The predicted octanol–water partition coefficient (Wildman–Crippen LogP) is 1.16. The molecule has 1 aromatic heterocycles. The summed E-state index contributed by atoms with van der Waals surface area (Å²) in [4.78, 5) is 10.9. The number of carbonyl (C=O) groups excluding carboxylic acids is 1. The van der Waals surface area contributed by atoms with E-state index in [9.17, 15) is 4.79 Å². The second-order valence-electron chi connectivity index (χ2n) is 2.36. The van der Waals surface area contributed by atoms with Crippen molar-refractivity contribution >= 4 is 22.2 Å². The maximum absolute atomic E-state index is 10.9. The van der Waals surface area contributed by atoms with Crippen molar-refractivity contribution in [3.05, 3.63) is 29.2 Å². The van der Waals surface area contributed by atoms with Crippen LogP contribution in [0.5, 0.6) is 0 Å². The monoisotopic (exact) mass is 182 g/mol. The molecule has 0 aliphatic heterocycles. The molecule has 4 heteroatoms. The number of nitrogens with two attached hydrogens (primary N) is 2. The summed E-state index contributed by atoms with van der Waals surface area (Å²) < 4.78 is 0. The number of allylic oxidation sites excluding steroid dienone is 1. The molecule has 1 amide bonds. The Kier molecular flexibility index (Phi) is 2.50. The van der Waals surface area contributed by atoms with Crippen LogP contribution in [0, 0.1) is 0 Å². The first kappa shape index (κ1) is 8.80. The molecule has 64 valence electrons. The van der Waals surface area contributed by atoms with Gasteiger partial charge in [-0.3, -0.25) is 4.79 Å². The number of hydrogen-bond donors (Lipinski definition) is 2. The SMILES string of the molecule is C=CCc1csc(N)c1C(N)=O. The molecule has 4 N–H and O–H groups in total. The van der Waals surface area contributed by atoms with E-state index in [-0.39, 0.29) is 0 Å². The van der Waals surface area contributed by atoms with Gasteiger partial charge in [0, 0.05) is 0 Å². The van der Waals surface area contributed by atoms with E-state index in [1.165, 1.54) is 11.3 Å². The van der Waals surface area contributed by atoms with Crippen molar-refractivity contribution < 1.29 is 4.79 Å². The van der Waals surface area contributed by atoms with E-state index in [1.807, 2.05) is 5.38 Å². The summed E-state index contributed by atoms with van der Waals surface area (Å²) in [5.74, 6) is -0.467. The van der Waals surface area contributed by atoms with Gasteiger partial charge < -0.3 is 11.5 Å². The van der Waals surface area contributed by atoms with Crippen molar-refractivity contribution in [1.29, 1.82) is 0 Å². The molecule has 1 heterocycles. The number of amides is 1. The fourth-order valence-corrected chi connectivity index (χ4v) is 1.83. The second kappa shape index (κ2) is 3.40. The molecule has 0 aromatic carbocycles. The maximum Gasteiger partial charge on any atom is 0.251 e. The Morgan fingerprint density at radius 2 is 2.42 bits per heavy atom. The minimum Gasteiger partial charge on any atom is -0.390 e. The van der Waals surface area contributed by atoms with Crippen molar-refractivity contribution in [2.45, 2.75) is 6.42 Å². The normalized spacial score (nSPS) is 9.67. The fourth-order valence-electron chi connectivity index (χ4n) is 0.996. The first-order chi connectivity index (χ1) is 5.66. The Balaban J connectivity index is 3.11. The van der Waals surface area contributed by atoms with Gasteiger partial charge in [-0.1, -0.05) is 6.08 Å². The van der Waals surface area contributed by atoms with Crippen LogP contribution in [0.1, 0.15) is 15.9 Å². The lowest BCUT2D eigenvalue weighted by Crippen LogP contribution is -2.13. The molecule has 1 aromatic rings. The van der Waals surface area contributed by atoms with Crippen molar-refractivity contribution in [3.63, 3.8) is 0 Å². The predicted molar refractivity (Wildman–Crippen MR) is 51.2 cm³/mol. The molecular formula is C8H10N2OS. The average Bonchev–Trinajstić information content (AvgIpc) is 2.32. The molecule has 0 saturated carbocycles. The number of rotatable bonds is 3. The van der Waals surface area contributed by atoms with E-state index in [4.69, 9.17) is 11.5 Å². The van der Waals surface area contributed by atoms with Crippen LogP contribution in [0.4, 0.5) is 5.00 Å². The quantitative estimate of drug-likeness (QED) is 0.689. The third kappa shape index (κ3) is 1.48. The molecule has 1 rings (SSSR count). The Labute approximate surface area is 74.7 Å². The molecule has 3 nitrogen and oxygen atoms in total. The first-order valence-corrected chi connectivity index (χ1v) is 4.31. The molecule has 0 fully saturated rings. The van der Waals surface area contributed by atoms with Gasteiger partial charge in [-0.2, -0.15) is 0 Å². The smallest absolute Gasteiger partial charge is 0.251 e. The Hall–Kier alpha value is -1.29. The van der Waals surface area contributed by atoms with Gasteiger partial charge >= 0.3 is 0 Å². The van der Waals surface area contributed by atoms with Gasteiger partial charge in [0.25, 0.3) is 5.91 Å². The van der Waals surface area contributed by atoms with Gasteiger partial charge in [0.15, 0.2) is 0 Å². The molecule has 0 aliphatic rings. The van der Waals surface area contributed by atoms with Gasteiger partial charge in [-0.25, -0.2) is 0 Å². The number of thiophene rings is 1. The van der Waals surface area contributed by atoms with Crippen LogP contribution in [-0.2, 0) is 6.42 Å². The number of anilines is 1. The van der Waals surface area contributed by atoms with E-state index >= 15 is 0 Å². The van der Waals surface area contributed by atoms with Crippen molar-refractivity contribution in [1.82, 2.24) is 0 Å². The molecule has 0 spiro atoms. The number of carbonyl (C=O) groups is 1. The Bertz CT molecular complexity index is 317. The van der Waals surface area contributed by atoms with Crippen molar-refractivity contribution in [2.24, 2.45) is 5.73 Å². The second-order valence-corrected chi connectivity index (χ2v) is 3.27. The van der Waals surface area contributed by atoms with Gasteiger partial charge in [-0.05, 0) is 17.4 Å². The van der Waals surface area contributed by atoms with E-state index < -0.39 is 5.91 Å². The van der Waals surface area contributed by atoms with Crippen LogP contribution in [0.2, 0.25) is 0 Å². The first-order valence-electron chi connectivity index (χ1n) is 3.43. The lowest BCUT2D eigenvalue weighted by Gasteiger charge is -1.96. The topological polar surface area (TPSA) is 69.1 Å². The summed E-state index contributed by atoms with van der Waals surface area (Å²) in [6, 6.07) is 0. The largest absolute Gasteiger partial charge is 0.390 e. The minimum absolute atomic E-state index is 0.444. The summed E-state index contributed by atoms with van der Waals surface area (Å²) in [6.45, 7) is 3.58. The van der Waals surface area contributed by atoms with Crippen LogP contribution in [-0.4, -0.2) is 5.91 Å². The number of primary amides is 1. The highest BCUT2D eigenvalue weighted by molar-refractivity contribution is 7.14. The van der Waals surface area contributed by atoms with Crippen LogP contribution in [0.15, 0.2) is 18.0 Å². The van der Waals surface area contributed by atoms with Crippen LogP contribution in [0.3, 0.4) is 0 Å². The lowest BCUT2D eigenvalue weighted by atomic mass is 10.1. The fraction of sp³-hybridized carbons (Fsp3) is 0.125. The summed E-state index contributed by atoms with van der Waals surface area (Å²) in [5, 5.41) is 2.32. The van der Waals surface area contributed by atoms with Crippen LogP contribution >= 0.6 is 11.3 Å². The molecular weight excluding hydrogens is 172 g/mol. The number of hydrogen-bond acceptors (Lipinski definition) is 3. The van der Waals surface area contributed by atoms with Crippen molar-refractivity contribution in [3.8, 4) is 0 Å². The highest BCUT2D eigenvalue weighted by Gasteiger charge is 2.12. The highest BCUT2D eigenvalue weighted by atomic mass is 32.1. The standard InChI is InChI=1S/C8H10N2OS/c1-2-3-5-4-12-8(10)6(5)7(9)11/h2,4H,1,3,10H2,(H2,9,11). The molecule has 0 saturated heterocycles. The maximum atomic E-state index is 10.9. The van der Waals surface area contributed by atoms with Gasteiger partial charge in [0.1, 0.15) is 0 Å². The van der Waals surface area contributed by atoms with Gasteiger partial charge in [-0.15, -0.1) is 17.9 Å². The highest BCUT2D eigenvalue weighted by Crippen LogP contribution is 2.24. The molecule has 0 bridgehead atoms. The van der Waals surface area contributed by atoms with Gasteiger partial charge in [0.2, 0.25) is 0 Å². The van der Waals surface area contributed by atoms with Gasteiger partial charge in [0.05, 0.1) is 10.6 Å². The molecule has 0 aliphatic carbocycles. The summed E-state index contributed by atoms with van der Waals surface area (Å²) in [7, 11) is 0. The Morgan fingerprint density at radius 1 is 1.75 bits per heavy atom. The summed E-state index contributed by atoms with van der Waals surface area (Å²) >= 11 is 1.33. The third-order valence-electron chi connectivity index (χ3n) is 1.51. The zero-order valence-corrected chi connectivity index (χ0v) is 7.36. The summed E-state index contributed by atoms with van der Waals surface area (Å²) in [5.41, 5.74) is 12.0. The minimum atomic E-state index is -0.467. The third-order valence-corrected chi connectivity index (χ3v) is 2.37. The van der Waals surface area contributed by atoms with E-state index in [0.29, 0.717) is 17.0 Å². The molecule has 12 heavy (non-hydrogen) atoms. The molecule has 0 unspecified atom stereocenters. The molecule has 0 atom stereocenters. The zero-order chi connectivity index (χ0) is 9.14. The Morgan fingerprint density at radius 3 is 2.92 bits per heavy atom. The lowest BCUT2D eigenvalue weighted by molar-refractivity contribution is 0.100.